The highest BCUT2D eigenvalue weighted by Crippen LogP contribution is 2.47. The third kappa shape index (κ3) is 4.44. The van der Waals surface area contributed by atoms with Gasteiger partial charge in [0.2, 0.25) is 17.7 Å². The minimum Gasteiger partial charge on any atom is -0.376 e. The molecule has 2 aromatic carbocycles. The number of nitrogens with zero attached hydrogens (tertiary/aromatic N) is 2. The maximum Gasteiger partial charge on any atom is 0.248 e. The van der Waals surface area contributed by atoms with E-state index in [1.54, 1.807) is 18.3 Å². The predicted molar refractivity (Wildman–Crippen MR) is 150 cm³/mol. The molecular formula is C31H30FN5O5. The quantitative estimate of drug-likeness (QED) is 0.439. The Morgan fingerprint density at radius 1 is 1.05 bits per heavy atom. The summed E-state index contributed by atoms with van der Waals surface area (Å²) >= 11 is 0. The number of anilines is 2. The van der Waals surface area contributed by atoms with Gasteiger partial charge in [-0.3, -0.25) is 19.7 Å². The Bertz CT molecular complexity index is 1570. The van der Waals surface area contributed by atoms with Gasteiger partial charge in [-0.15, -0.1) is 0 Å². The van der Waals surface area contributed by atoms with Crippen molar-refractivity contribution in [3.05, 3.63) is 88.9 Å². The summed E-state index contributed by atoms with van der Waals surface area (Å²) in [6.07, 6.45) is 2.72. The average molecular weight is 572 g/mol. The maximum absolute atomic E-state index is 13.9. The second-order valence-corrected chi connectivity index (χ2v) is 11.4. The lowest BCUT2D eigenvalue weighted by Gasteiger charge is -2.45. The summed E-state index contributed by atoms with van der Waals surface area (Å²) in [6.45, 7) is 1.13. The highest BCUT2D eigenvalue weighted by molar-refractivity contribution is 6.06. The number of benzene rings is 2. The number of rotatable bonds is 4. The fraction of sp³-hybridized carbons (Fsp3) is 0.355. The van der Waals surface area contributed by atoms with Gasteiger partial charge in [-0.25, -0.2) is 9.37 Å². The van der Waals surface area contributed by atoms with Gasteiger partial charge in [-0.2, -0.15) is 0 Å². The van der Waals surface area contributed by atoms with Gasteiger partial charge in [0.25, 0.3) is 0 Å². The minimum atomic E-state index is -1.11. The van der Waals surface area contributed by atoms with Crippen LogP contribution in [0.1, 0.15) is 28.3 Å². The number of aromatic nitrogens is 1. The van der Waals surface area contributed by atoms with E-state index in [4.69, 9.17) is 9.47 Å². The van der Waals surface area contributed by atoms with Crippen molar-refractivity contribution in [1.82, 2.24) is 15.2 Å². The Morgan fingerprint density at radius 3 is 2.60 bits per heavy atom. The van der Waals surface area contributed by atoms with Gasteiger partial charge < -0.3 is 25.0 Å². The molecule has 216 valence electrons. The molecule has 2 fully saturated rings. The number of carbonyl (C=O) groups excluding carboxylic acids is 3. The molecule has 2 unspecified atom stereocenters. The molecule has 11 heteroatoms. The van der Waals surface area contributed by atoms with Gasteiger partial charge >= 0.3 is 0 Å². The summed E-state index contributed by atoms with van der Waals surface area (Å²) in [7, 11) is 0. The first-order chi connectivity index (χ1) is 20.4. The molecule has 3 amide bonds. The molecule has 2 saturated heterocycles. The second kappa shape index (κ2) is 10.3. The van der Waals surface area contributed by atoms with Crippen molar-refractivity contribution in [1.29, 1.82) is 0 Å². The topological polar surface area (TPSA) is 122 Å². The van der Waals surface area contributed by atoms with E-state index in [2.05, 4.69) is 20.9 Å². The van der Waals surface area contributed by atoms with E-state index in [0.717, 1.165) is 16.7 Å². The fourth-order valence-electron chi connectivity index (χ4n) is 6.64. The van der Waals surface area contributed by atoms with Gasteiger partial charge in [0.05, 0.1) is 37.9 Å². The monoisotopic (exact) mass is 571 g/mol. The van der Waals surface area contributed by atoms with Crippen LogP contribution in [0.3, 0.4) is 0 Å². The van der Waals surface area contributed by atoms with Gasteiger partial charge in [-0.05, 0) is 59.9 Å². The molecule has 3 aliphatic heterocycles. The number of nitrogens with one attached hydrogen (secondary N) is 3. The van der Waals surface area contributed by atoms with Crippen LogP contribution in [0.25, 0.3) is 0 Å². The molecule has 0 radical (unpaired) electrons. The standard InChI is InChI=1S/C31H30FN5O5/c32-22-6-3-19(4-7-22)25-15-34-31(17-41-10-11-42-18-31)29(40)37(25)16-26(38)35-23-8-5-20-13-30(14-21(20)12-23)24-2-1-9-33-27(24)36-28(30)39/h1-9,12,25,34H,10-11,13-18H2,(H,35,38)(H,33,36,39). The molecule has 1 aromatic heterocycles. The van der Waals surface area contributed by atoms with Crippen LogP contribution in [-0.4, -0.2) is 72.7 Å². The Morgan fingerprint density at radius 2 is 1.81 bits per heavy atom. The predicted octanol–water partition coefficient (Wildman–Crippen LogP) is 2.11. The lowest BCUT2D eigenvalue weighted by Crippen LogP contribution is -2.69. The van der Waals surface area contributed by atoms with Crippen LogP contribution in [0.4, 0.5) is 15.9 Å². The zero-order chi connectivity index (χ0) is 28.9. The third-order valence-electron chi connectivity index (χ3n) is 8.78. The normalized spacial score (nSPS) is 24.3. The highest BCUT2D eigenvalue weighted by Gasteiger charge is 2.51. The van der Waals surface area contributed by atoms with E-state index in [1.165, 1.54) is 17.0 Å². The number of pyridine rings is 1. The molecule has 7 rings (SSSR count). The summed E-state index contributed by atoms with van der Waals surface area (Å²) in [6, 6.07) is 14.9. The molecule has 42 heavy (non-hydrogen) atoms. The molecule has 4 aliphatic rings. The number of piperazine rings is 1. The van der Waals surface area contributed by atoms with E-state index in [9.17, 15) is 18.8 Å². The van der Waals surface area contributed by atoms with Crippen molar-refractivity contribution >= 4 is 29.2 Å². The second-order valence-electron chi connectivity index (χ2n) is 11.4. The van der Waals surface area contributed by atoms with Crippen molar-refractivity contribution in [3.63, 3.8) is 0 Å². The maximum atomic E-state index is 13.9. The molecule has 2 spiro atoms. The van der Waals surface area contributed by atoms with Crippen molar-refractivity contribution in [2.24, 2.45) is 0 Å². The van der Waals surface area contributed by atoms with Crippen LogP contribution >= 0.6 is 0 Å². The first-order valence-corrected chi connectivity index (χ1v) is 14.0. The molecule has 2 atom stereocenters. The van der Waals surface area contributed by atoms with Gasteiger partial charge in [0.15, 0.2) is 0 Å². The van der Waals surface area contributed by atoms with Crippen LogP contribution in [-0.2, 0) is 42.1 Å². The van der Waals surface area contributed by atoms with Gasteiger partial charge in [-0.1, -0.05) is 24.3 Å². The van der Waals surface area contributed by atoms with Crippen LogP contribution < -0.4 is 16.0 Å². The Balaban J connectivity index is 1.11. The van der Waals surface area contributed by atoms with E-state index in [-0.39, 0.29) is 43.3 Å². The largest absolute Gasteiger partial charge is 0.376 e. The van der Waals surface area contributed by atoms with Crippen molar-refractivity contribution in [2.45, 2.75) is 29.8 Å². The zero-order valence-electron chi connectivity index (χ0n) is 22.8. The van der Waals surface area contributed by atoms with Crippen LogP contribution in [0, 0.1) is 5.82 Å². The van der Waals surface area contributed by atoms with Crippen LogP contribution in [0.2, 0.25) is 0 Å². The number of carbonyl (C=O) groups is 3. The number of hydrogen-bond donors (Lipinski definition) is 3. The molecule has 3 N–H and O–H groups in total. The smallest absolute Gasteiger partial charge is 0.248 e. The van der Waals surface area contributed by atoms with Gasteiger partial charge in [0.1, 0.15) is 23.7 Å². The van der Waals surface area contributed by atoms with Crippen molar-refractivity contribution in [3.8, 4) is 0 Å². The number of ether oxygens (including phenoxy) is 2. The molecule has 0 bridgehead atoms. The first kappa shape index (κ1) is 26.7. The number of fused-ring (bicyclic) bond motifs is 3. The summed E-state index contributed by atoms with van der Waals surface area (Å²) in [5.41, 5.74) is 2.39. The molecular weight excluding hydrogens is 541 g/mol. The lowest BCUT2D eigenvalue weighted by atomic mass is 9.79. The molecule has 10 nitrogen and oxygen atoms in total. The molecule has 1 aliphatic carbocycles. The Kier molecular flexibility index (Phi) is 6.52. The SMILES string of the molecule is O=C(CN1C(=O)C2(COCCOC2)NCC1c1ccc(F)cc1)Nc1ccc2c(c1)CC1(C2)C(=O)Nc2ncccc21. The average Bonchev–Trinajstić information content (AvgIpc) is 3.38. The Hall–Kier alpha value is -4.19. The van der Waals surface area contributed by atoms with Crippen LogP contribution in [0.15, 0.2) is 60.8 Å². The number of amides is 3. The lowest BCUT2D eigenvalue weighted by molar-refractivity contribution is -0.151. The summed E-state index contributed by atoms with van der Waals surface area (Å²) < 4.78 is 25.0. The molecule has 3 aromatic rings. The number of hydrogen-bond acceptors (Lipinski definition) is 7. The van der Waals surface area contributed by atoms with Crippen molar-refractivity contribution in [2.75, 3.05) is 50.2 Å². The summed E-state index contributed by atoms with van der Waals surface area (Å²) in [4.78, 5) is 46.3. The van der Waals surface area contributed by atoms with Gasteiger partial charge in [0, 0.05) is 24.0 Å². The molecule has 0 saturated carbocycles. The molecule has 4 heterocycles. The summed E-state index contributed by atoms with van der Waals surface area (Å²) in [5, 5.41) is 9.15. The fourth-order valence-corrected chi connectivity index (χ4v) is 6.64. The number of halogens is 1. The summed E-state index contributed by atoms with van der Waals surface area (Å²) in [5.74, 6) is -0.530. The highest BCUT2D eigenvalue weighted by atomic mass is 19.1. The van der Waals surface area contributed by atoms with E-state index < -0.39 is 17.0 Å². The zero-order valence-corrected chi connectivity index (χ0v) is 22.8. The third-order valence-corrected chi connectivity index (χ3v) is 8.78. The van der Waals surface area contributed by atoms with E-state index in [1.807, 2.05) is 30.3 Å². The van der Waals surface area contributed by atoms with E-state index in [0.29, 0.717) is 49.7 Å². The van der Waals surface area contributed by atoms with Crippen molar-refractivity contribution < 1.29 is 28.2 Å². The van der Waals surface area contributed by atoms with Crippen LogP contribution in [0.5, 0.6) is 0 Å². The van der Waals surface area contributed by atoms with E-state index >= 15 is 0 Å². The Labute approximate surface area is 241 Å². The minimum absolute atomic E-state index is 0.0672. The first-order valence-electron chi connectivity index (χ1n) is 14.0.